The molecule has 0 aliphatic carbocycles. The molecule has 1 aromatic carbocycles. The van der Waals surface area contributed by atoms with E-state index in [9.17, 15) is 14.0 Å². The minimum atomic E-state index is -0.539. The first-order valence-electron chi connectivity index (χ1n) is 8.87. The van der Waals surface area contributed by atoms with Crippen LogP contribution in [0.15, 0.2) is 36.5 Å². The van der Waals surface area contributed by atoms with E-state index in [4.69, 9.17) is 9.47 Å². The molecular formula is C19H19FN4O4. The van der Waals surface area contributed by atoms with Crippen LogP contribution >= 0.6 is 0 Å². The first kappa shape index (κ1) is 18.0. The van der Waals surface area contributed by atoms with Crippen molar-refractivity contribution >= 4 is 23.5 Å². The average Bonchev–Trinajstić information content (AvgIpc) is 3.18. The molecule has 2 fully saturated rings. The van der Waals surface area contributed by atoms with E-state index in [0.29, 0.717) is 25.3 Å². The number of cyclic esters (lactones) is 1. The Morgan fingerprint density at radius 1 is 1.29 bits per heavy atom. The van der Waals surface area contributed by atoms with Crippen molar-refractivity contribution in [1.82, 2.24) is 9.88 Å². The summed E-state index contributed by atoms with van der Waals surface area (Å²) < 4.78 is 24.8. The highest BCUT2D eigenvalue weighted by Gasteiger charge is 2.42. The van der Waals surface area contributed by atoms with Gasteiger partial charge in [-0.25, -0.2) is 14.0 Å². The third kappa shape index (κ3) is 3.98. The Labute approximate surface area is 160 Å². The lowest BCUT2D eigenvalue weighted by atomic mass is 10.2. The first-order chi connectivity index (χ1) is 13.5. The predicted molar refractivity (Wildman–Crippen MR) is 98.9 cm³/mol. The number of benzene rings is 1. The molecule has 0 bridgehead atoms. The maximum atomic E-state index is 14.0. The number of hydrogen-bond donors (Lipinski definition) is 2. The van der Waals surface area contributed by atoms with Crippen LogP contribution in [0.2, 0.25) is 0 Å². The molecule has 28 heavy (non-hydrogen) atoms. The number of amides is 3. The third-order valence-electron chi connectivity index (χ3n) is 4.61. The summed E-state index contributed by atoms with van der Waals surface area (Å²) in [5.41, 5.74) is 1.61. The summed E-state index contributed by atoms with van der Waals surface area (Å²) in [6, 6.07) is 6.95. The number of nitrogens with zero attached hydrogens (tertiary/aromatic N) is 2. The minimum absolute atomic E-state index is 0.00227. The number of halogens is 1. The highest BCUT2D eigenvalue weighted by molar-refractivity contribution is 5.99. The lowest BCUT2D eigenvalue weighted by Crippen LogP contribution is -2.29. The van der Waals surface area contributed by atoms with E-state index in [-0.39, 0.29) is 29.7 Å². The van der Waals surface area contributed by atoms with Gasteiger partial charge >= 0.3 is 12.1 Å². The highest BCUT2D eigenvalue weighted by Crippen LogP contribution is 2.29. The Morgan fingerprint density at radius 3 is 2.86 bits per heavy atom. The number of pyridine rings is 1. The van der Waals surface area contributed by atoms with Crippen LogP contribution in [-0.2, 0) is 4.74 Å². The quantitative estimate of drug-likeness (QED) is 0.842. The fourth-order valence-corrected chi connectivity index (χ4v) is 3.32. The van der Waals surface area contributed by atoms with Gasteiger partial charge < -0.3 is 20.1 Å². The van der Waals surface area contributed by atoms with Gasteiger partial charge in [0.1, 0.15) is 24.3 Å². The number of aromatic nitrogens is 1. The molecule has 2 saturated heterocycles. The van der Waals surface area contributed by atoms with Crippen molar-refractivity contribution in [1.29, 1.82) is 0 Å². The van der Waals surface area contributed by atoms with Gasteiger partial charge in [-0.15, -0.1) is 0 Å². The van der Waals surface area contributed by atoms with E-state index >= 15 is 0 Å². The van der Waals surface area contributed by atoms with Crippen molar-refractivity contribution in [3.05, 3.63) is 48.0 Å². The van der Waals surface area contributed by atoms with Gasteiger partial charge in [0.25, 0.3) is 0 Å². The van der Waals surface area contributed by atoms with Crippen molar-refractivity contribution in [2.75, 3.05) is 23.8 Å². The van der Waals surface area contributed by atoms with Crippen molar-refractivity contribution in [3.63, 3.8) is 0 Å². The summed E-state index contributed by atoms with van der Waals surface area (Å²) in [4.78, 5) is 29.4. The molecule has 2 N–H and O–H groups in total. The summed E-state index contributed by atoms with van der Waals surface area (Å²) in [5, 5.41) is 5.20. The molecule has 3 heterocycles. The zero-order valence-corrected chi connectivity index (χ0v) is 15.1. The standard InChI is InChI=1S/C19H19FN4O4/c1-11-2-3-13(8-21-11)22-18(25)23-14-4-12(20)5-16(6-14)28-17-7-15-10-27-19(26)24(15)9-17/h2-6,8,15,17H,7,9-10H2,1H3,(H2,22,23,25)/t15?,17-/m1/s1. The molecule has 4 rings (SSSR count). The second kappa shape index (κ2) is 7.34. The van der Waals surface area contributed by atoms with E-state index < -0.39 is 11.8 Å². The zero-order valence-electron chi connectivity index (χ0n) is 15.1. The average molecular weight is 386 g/mol. The van der Waals surface area contributed by atoms with Crippen LogP contribution in [-0.4, -0.2) is 47.3 Å². The third-order valence-corrected chi connectivity index (χ3v) is 4.61. The highest BCUT2D eigenvalue weighted by atomic mass is 19.1. The van der Waals surface area contributed by atoms with E-state index in [1.54, 1.807) is 17.0 Å². The summed E-state index contributed by atoms with van der Waals surface area (Å²) in [5.74, 6) is -0.255. The summed E-state index contributed by atoms with van der Waals surface area (Å²) in [6.45, 7) is 2.59. The fraction of sp³-hybridized carbons (Fsp3) is 0.316. The molecule has 0 saturated carbocycles. The van der Waals surface area contributed by atoms with Gasteiger partial charge in [-0.1, -0.05) is 0 Å². The fourth-order valence-electron chi connectivity index (χ4n) is 3.32. The number of hydrogen-bond acceptors (Lipinski definition) is 5. The Balaban J connectivity index is 1.39. The van der Waals surface area contributed by atoms with Gasteiger partial charge in [0.15, 0.2) is 0 Å². The molecule has 9 heteroatoms. The second-order valence-electron chi connectivity index (χ2n) is 6.80. The molecular weight excluding hydrogens is 367 g/mol. The number of aryl methyl sites for hydroxylation is 1. The Bertz CT molecular complexity index is 905. The molecule has 2 atom stereocenters. The van der Waals surface area contributed by atoms with Crippen molar-refractivity contribution < 1.29 is 23.5 Å². The van der Waals surface area contributed by atoms with Crippen LogP contribution in [0.1, 0.15) is 12.1 Å². The molecule has 3 amide bonds. The van der Waals surface area contributed by atoms with Crippen molar-refractivity contribution in [3.8, 4) is 5.75 Å². The largest absolute Gasteiger partial charge is 0.488 e. The number of rotatable bonds is 4. The van der Waals surface area contributed by atoms with Gasteiger partial charge in [-0.2, -0.15) is 0 Å². The van der Waals surface area contributed by atoms with Gasteiger partial charge in [-0.3, -0.25) is 9.88 Å². The molecule has 1 unspecified atom stereocenters. The van der Waals surface area contributed by atoms with Crippen LogP contribution in [0.3, 0.4) is 0 Å². The summed E-state index contributed by atoms with van der Waals surface area (Å²) >= 11 is 0. The van der Waals surface area contributed by atoms with Gasteiger partial charge in [0.2, 0.25) is 0 Å². The smallest absolute Gasteiger partial charge is 0.410 e. The topological polar surface area (TPSA) is 92.8 Å². The van der Waals surface area contributed by atoms with Crippen molar-refractivity contribution in [2.45, 2.75) is 25.5 Å². The van der Waals surface area contributed by atoms with Crippen LogP contribution in [0, 0.1) is 12.7 Å². The van der Waals surface area contributed by atoms with Crippen LogP contribution in [0.4, 0.5) is 25.4 Å². The van der Waals surface area contributed by atoms with Gasteiger partial charge in [0, 0.05) is 29.9 Å². The minimum Gasteiger partial charge on any atom is -0.488 e. The number of carbonyl (C=O) groups excluding carboxylic acids is 2. The molecule has 2 aliphatic rings. The maximum absolute atomic E-state index is 14.0. The normalized spacial score (nSPS) is 20.5. The number of anilines is 2. The zero-order chi connectivity index (χ0) is 19.7. The second-order valence-corrected chi connectivity index (χ2v) is 6.80. The predicted octanol–water partition coefficient (Wildman–Crippen LogP) is 3.15. The van der Waals surface area contributed by atoms with Crippen LogP contribution in [0.25, 0.3) is 0 Å². The molecule has 1 aromatic heterocycles. The molecule has 0 radical (unpaired) electrons. The number of ether oxygens (including phenoxy) is 2. The first-order valence-corrected chi connectivity index (χ1v) is 8.87. The molecule has 0 spiro atoms. The molecule has 2 aliphatic heterocycles. The van der Waals surface area contributed by atoms with Crippen LogP contribution in [0.5, 0.6) is 5.75 Å². The molecule has 8 nitrogen and oxygen atoms in total. The van der Waals surface area contributed by atoms with Crippen LogP contribution < -0.4 is 15.4 Å². The monoisotopic (exact) mass is 386 g/mol. The summed E-state index contributed by atoms with van der Waals surface area (Å²) in [6.07, 6.45) is 1.55. The number of carbonyl (C=O) groups is 2. The van der Waals surface area contributed by atoms with Gasteiger partial charge in [-0.05, 0) is 25.1 Å². The number of nitrogens with one attached hydrogen (secondary N) is 2. The van der Waals surface area contributed by atoms with E-state index in [2.05, 4.69) is 15.6 Å². The lowest BCUT2D eigenvalue weighted by Gasteiger charge is -2.16. The molecule has 146 valence electrons. The SMILES string of the molecule is Cc1ccc(NC(=O)Nc2cc(F)cc(O[C@@H]3CC4COC(=O)N4C3)c2)cn1. The van der Waals surface area contributed by atoms with Crippen molar-refractivity contribution in [2.24, 2.45) is 0 Å². The van der Waals surface area contributed by atoms with E-state index in [0.717, 1.165) is 5.69 Å². The number of urea groups is 1. The Hall–Kier alpha value is -3.36. The summed E-state index contributed by atoms with van der Waals surface area (Å²) in [7, 11) is 0. The number of fused-ring (bicyclic) bond motifs is 1. The van der Waals surface area contributed by atoms with E-state index in [1.807, 2.05) is 6.92 Å². The Morgan fingerprint density at radius 2 is 2.11 bits per heavy atom. The van der Waals surface area contributed by atoms with E-state index in [1.165, 1.54) is 24.4 Å². The lowest BCUT2D eigenvalue weighted by molar-refractivity contribution is 0.143. The molecule has 2 aromatic rings. The maximum Gasteiger partial charge on any atom is 0.410 e. The Kier molecular flexibility index (Phi) is 4.72. The van der Waals surface area contributed by atoms with Gasteiger partial charge in [0.05, 0.1) is 24.5 Å².